The molecule has 52 valence electrons. The number of nitrogens with zero attached hydrogens (tertiary/aromatic N) is 1. The fourth-order valence-corrected chi connectivity index (χ4v) is 0.987. The van der Waals surface area contributed by atoms with Crippen LogP contribution in [0.2, 0.25) is 0 Å². The summed E-state index contributed by atoms with van der Waals surface area (Å²) in [5.41, 5.74) is 0. The van der Waals surface area contributed by atoms with Gasteiger partial charge in [0.15, 0.2) is 18.9 Å². The Kier molecular flexibility index (Phi) is 2.71. The van der Waals surface area contributed by atoms with Gasteiger partial charge in [-0.25, -0.2) is 4.57 Å². The zero-order valence-corrected chi connectivity index (χ0v) is 6.99. The maximum absolute atomic E-state index is 4.77. The molecule has 1 heterocycles. The Morgan fingerprint density at radius 3 is 2.40 bits per heavy atom. The van der Waals surface area contributed by atoms with Gasteiger partial charge in [-0.3, -0.25) is 0 Å². The van der Waals surface area contributed by atoms with Crippen LogP contribution in [-0.2, 0) is 19.2 Å². The van der Waals surface area contributed by atoms with E-state index in [0.29, 0.717) is 10.7 Å². The van der Waals surface area contributed by atoms with Crippen molar-refractivity contribution < 1.29 is 4.57 Å². The third-order valence-electron chi connectivity index (χ3n) is 1.09. The molecule has 0 N–H and O–H groups in total. The summed E-state index contributed by atoms with van der Waals surface area (Å²) in [4.78, 5) is 0. The topological polar surface area (TPSA) is 3.88 Å². The summed E-state index contributed by atoms with van der Waals surface area (Å²) in [6, 6.07) is 5.87. The second kappa shape index (κ2) is 3.58. The third-order valence-corrected chi connectivity index (χ3v) is 1.35. The minimum Gasteiger partial charge on any atom is -0.427 e. The van der Waals surface area contributed by atoms with Crippen LogP contribution in [0.3, 0.4) is 0 Å². The summed E-state index contributed by atoms with van der Waals surface area (Å²) in [5.74, 6) is 0. The molecule has 0 bridgehead atoms. The van der Waals surface area contributed by atoms with Gasteiger partial charge in [-0.15, -0.1) is 0 Å². The first-order valence-corrected chi connectivity index (χ1v) is 3.74. The van der Waals surface area contributed by atoms with Crippen molar-refractivity contribution in [1.29, 1.82) is 0 Å². The molecule has 0 aliphatic heterocycles. The molecular weight excluding hydrogens is 162 g/mol. The molecule has 0 unspecified atom stereocenters. The van der Waals surface area contributed by atoms with E-state index in [9.17, 15) is 0 Å². The molecule has 0 aliphatic rings. The molecule has 10 heavy (non-hydrogen) atoms. The molecule has 1 aromatic rings. The van der Waals surface area contributed by atoms with Crippen molar-refractivity contribution in [3.63, 3.8) is 0 Å². The summed E-state index contributed by atoms with van der Waals surface area (Å²) in [6.45, 7) is 0.658. The van der Waals surface area contributed by atoms with Crippen molar-refractivity contribution in [2.45, 2.75) is 6.54 Å². The normalized spacial score (nSPS) is 9.20. The maximum atomic E-state index is 4.77. The number of rotatable bonds is 2. The van der Waals surface area contributed by atoms with Gasteiger partial charge in [-0.1, -0.05) is 10.3 Å². The van der Waals surface area contributed by atoms with Gasteiger partial charge in [0.25, 0.3) is 0 Å². The molecular formula is C7H7NS2. The molecule has 0 saturated heterocycles. The lowest BCUT2D eigenvalue weighted by molar-refractivity contribution is -0.681. The van der Waals surface area contributed by atoms with Crippen LogP contribution in [0.15, 0.2) is 30.6 Å². The lowest BCUT2D eigenvalue weighted by Crippen LogP contribution is -2.35. The van der Waals surface area contributed by atoms with Crippen LogP contribution in [0.5, 0.6) is 0 Å². The summed E-state index contributed by atoms with van der Waals surface area (Å²) in [5, 5.41) is 0. The molecule has 0 aromatic carbocycles. The second-order valence-corrected chi connectivity index (χ2v) is 3.16. The molecule has 0 atom stereocenters. The Labute approximate surface area is 71.1 Å². The quantitative estimate of drug-likeness (QED) is 0.367. The molecule has 0 radical (unpaired) electrons. The van der Waals surface area contributed by atoms with Crippen LogP contribution in [-0.4, -0.2) is 4.20 Å². The zero-order valence-electron chi connectivity index (χ0n) is 5.36. The zero-order chi connectivity index (χ0) is 7.40. The first kappa shape index (κ1) is 7.57. The summed E-state index contributed by atoms with van der Waals surface area (Å²) < 4.78 is 2.55. The Hall–Kier alpha value is -0.540. The fourth-order valence-electron chi connectivity index (χ4n) is 0.689. The summed E-state index contributed by atoms with van der Waals surface area (Å²) >= 11 is 9.54. The Balaban J connectivity index is 2.67. The molecule has 1 nitrogen and oxygen atoms in total. The van der Waals surface area contributed by atoms with E-state index in [2.05, 4.69) is 0 Å². The monoisotopic (exact) mass is 169 g/mol. The van der Waals surface area contributed by atoms with Gasteiger partial charge >= 0.3 is 0 Å². The van der Waals surface area contributed by atoms with Crippen molar-refractivity contribution >= 4 is 29.0 Å². The smallest absolute Gasteiger partial charge is 0.169 e. The van der Waals surface area contributed by atoms with E-state index >= 15 is 0 Å². The highest BCUT2D eigenvalue weighted by Gasteiger charge is 1.91. The van der Waals surface area contributed by atoms with Crippen LogP contribution >= 0.6 is 12.2 Å². The molecule has 1 aromatic heterocycles. The first-order valence-electron chi connectivity index (χ1n) is 2.93. The van der Waals surface area contributed by atoms with Crippen LogP contribution in [0.25, 0.3) is 0 Å². The van der Waals surface area contributed by atoms with Crippen molar-refractivity contribution in [2.24, 2.45) is 0 Å². The molecule has 0 amide bonds. The van der Waals surface area contributed by atoms with Crippen molar-refractivity contribution in [3.05, 3.63) is 30.6 Å². The second-order valence-electron chi connectivity index (χ2n) is 1.92. The van der Waals surface area contributed by atoms with E-state index in [1.807, 2.05) is 35.2 Å². The minimum atomic E-state index is 0.594. The van der Waals surface area contributed by atoms with Gasteiger partial charge in [-0.2, -0.15) is 0 Å². The number of thiocarbonyl (C=S) groups is 1. The largest absolute Gasteiger partial charge is 0.427 e. The van der Waals surface area contributed by atoms with Crippen LogP contribution in [0, 0.1) is 0 Å². The number of hydrogen-bond acceptors (Lipinski definition) is 2. The molecule has 0 spiro atoms. The lowest BCUT2D eigenvalue weighted by atomic mass is 10.5. The highest BCUT2D eigenvalue weighted by atomic mass is 32.1. The Morgan fingerprint density at radius 1 is 1.30 bits per heavy atom. The molecule has 0 saturated carbocycles. The lowest BCUT2D eigenvalue weighted by Gasteiger charge is -1.98. The van der Waals surface area contributed by atoms with E-state index in [-0.39, 0.29) is 0 Å². The Morgan fingerprint density at radius 2 is 1.90 bits per heavy atom. The number of hydrogen-bond donors (Lipinski definition) is 0. The van der Waals surface area contributed by atoms with Gasteiger partial charge in [0.2, 0.25) is 0 Å². The number of pyridine rings is 1. The Bertz CT molecular complexity index is 220. The maximum Gasteiger partial charge on any atom is 0.169 e. The SMILES string of the molecule is S=C([S-])C[n+]1ccccc1. The highest BCUT2D eigenvalue weighted by molar-refractivity contribution is 8.00. The third kappa shape index (κ3) is 2.37. The standard InChI is InChI=1S/C7H7NS2/c9-7(10)6-8-4-2-1-3-5-8/h1-5H,6H2. The average molecular weight is 169 g/mol. The summed E-state index contributed by atoms with van der Waals surface area (Å²) in [6.07, 6.45) is 3.89. The summed E-state index contributed by atoms with van der Waals surface area (Å²) in [7, 11) is 0. The van der Waals surface area contributed by atoms with Crippen LogP contribution in [0.4, 0.5) is 0 Å². The minimum absolute atomic E-state index is 0.594. The first-order chi connectivity index (χ1) is 4.79. The van der Waals surface area contributed by atoms with E-state index < -0.39 is 0 Å². The molecule has 3 heteroatoms. The highest BCUT2D eigenvalue weighted by Crippen LogP contribution is 1.78. The predicted molar refractivity (Wildman–Crippen MR) is 46.6 cm³/mol. The van der Waals surface area contributed by atoms with E-state index in [1.165, 1.54) is 0 Å². The fraction of sp³-hybridized carbons (Fsp3) is 0.143. The van der Waals surface area contributed by atoms with Gasteiger partial charge in [0.1, 0.15) is 0 Å². The molecule has 0 aliphatic carbocycles. The van der Waals surface area contributed by atoms with E-state index in [0.717, 1.165) is 0 Å². The van der Waals surface area contributed by atoms with Crippen LogP contribution < -0.4 is 4.57 Å². The van der Waals surface area contributed by atoms with Gasteiger partial charge < -0.3 is 24.8 Å². The van der Waals surface area contributed by atoms with Crippen molar-refractivity contribution in [2.75, 3.05) is 0 Å². The van der Waals surface area contributed by atoms with Crippen molar-refractivity contribution in [3.8, 4) is 0 Å². The molecule has 0 fully saturated rings. The predicted octanol–water partition coefficient (Wildman–Crippen LogP) is 0.848. The van der Waals surface area contributed by atoms with Gasteiger partial charge in [0.05, 0.1) is 0 Å². The van der Waals surface area contributed by atoms with Crippen molar-refractivity contribution in [1.82, 2.24) is 0 Å². The van der Waals surface area contributed by atoms with Crippen LogP contribution in [0.1, 0.15) is 0 Å². The number of aromatic nitrogens is 1. The average Bonchev–Trinajstić information content (AvgIpc) is 1.88. The van der Waals surface area contributed by atoms with Gasteiger partial charge in [0, 0.05) is 12.1 Å². The van der Waals surface area contributed by atoms with Gasteiger partial charge in [-0.05, 0) is 0 Å². The van der Waals surface area contributed by atoms with E-state index in [4.69, 9.17) is 24.8 Å². The molecule has 1 rings (SSSR count). The van der Waals surface area contributed by atoms with E-state index in [1.54, 1.807) is 0 Å².